The Morgan fingerprint density at radius 2 is 2.24 bits per heavy atom. The van der Waals surface area contributed by atoms with Crippen molar-refractivity contribution in [3.63, 3.8) is 0 Å². The van der Waals surface area contributed by atoms with Gasteiger partial charge >= 0.3 is 5.97 Å². The third-order valence-electron chi connectivity index (χ3n) is 1.93. The molecule has 1 aromatic rings. The van der Waals surface area contributed by atoms with E-state index in [0.29, 0.717) is 10.9 Å². The maximum Gasteiger partial charge on any atom is 0.319 e. The number of carbonyl (C=O) groups is 2. The van der Waals surface area contributed by atoms with Gasteiger partial charge in [-0.1, -0.05) is 0 Å². The van der Waals surface area contributed by atoms with Crippen LogP contribution in [0.2, 0.25) is 0 Å². The van der Waals surface area contributed by atoms with Gasteiger partial charge in [0.25, 0.3) is 0 Å². The van der Waals surface area contributed by atoms with Crippen molar-refractivity contribution in [1.82, 2.24) is 4.98 Å². The van der Waals surface area contributed by atoms with Gasteiger partial charge in [0, 0.05) is 18.1 Å². The predicted molar refractivity (Wildman–Crippen MR) is 69.4 cm³/mol. The van der Waals surface area contributed by atoms with E-state index in [-0.39, 0.29) is 5.91 Å². The minimum absolute atomic E-state index is 0.163. The molecule has 0 radical (unpaired) electrons. The molecular weight excluding hydrogens is 260 g/mol. The molecule has 0 atom stereocenters. The first-order valence-electron chi connectivity index (χ1n) is 4.90. The first-order chi connectivity index (χ1) is 7.81. The van der Waals surface area contributed by atoms with Crippen molar-refractivity contribution < 1.29 is 14.7 Å². The summed E-state index contributed by atoms with van der Waals surface area (Å²) in [5, 5.41) is 13.9. The number of thiazole rings is 1. The predicted octanol–water partition coefficient (Wildman–Crippen LogP) is 2.20. The molecule has 7 heteroatoms. The second-order valence-corrected chi connectivity index (χ2v) is 6.39. The van der Waals surface area contributed by atoms with Crippen LogP contribution in [0.4, 0.5) is 5.13 Å². The average molecular weight is 274 g/mol. The van der Waals surface area contributed by atoms with Crippen LogP contribution in [0.25, 0.3) is 0 Å². The number of hydrogen-bond acceptors (Lipinski definition) is 5. The molecule has 17 heavy (non-hydrogen) atoms. The van der Waals surface area contributed by atoms with Gasteiger partial charge in [-0.2, -0.15) is 0 Å². The molecular formula is C10H14N2O3S2. The zero-order valence-corrected chi connectivity index (χ0v) is 11.4. The molecule has 0 saturated carbocycles. The van der Waals surface area contributed by atoms with E-state index in [1.807, 2.05) is 5.38 Å². The summed E-state index contributed by atoms with van der Waals surface area (Å²) >= 11 is 2.64. The van der Waals surface area contributed by atoms with Crippen LogP contribution in [0, 0.1) is 0 Å². The van der Waals surface area contributed by atoms with Crippen LogP contribution in [0.15, 0.2) is 5.38 Å². The van der Waals surface area contributed by atoms with Gasteiger partial charge < -0.3 is 10.4 Å². The molecule has 0 fully saturated rings. The van der Waals surface area contributed by atoms with E-state index in [9.17, 15) is 9.59 Å². The SMILES string of the molecule is CC(=O)Nc1nc(CSC(C)(C)C(=O)O)cs1. The second-order valence-electron chi connectivity index (χ2n) is 3.93. The zero-order valence-electron chi connectivity index (χ0n) is 9.81. The molecule has 1 aromatic heterocycles. The summed E-state index contributed by atoms with van der Waals surface area (Å²) in [6.45, 7) is 4.73. The van der Waals surface area contributed by atoms with E-state index in [0.717, 1.165) is 5.69 Å². The molecule has 2 N–H and O–H groups in total. The largest absolute Gasteiger partial charge is 0.480 e. The molecule has 0 aliphatic carbocycles. The third-order valence-corrected chi connectivity index (χ3v) is 4.07. The number of thioether (sulfide) groups is 1. The Morgan fingerprint density at radius 1 is 1.59 bits per heavy atom. The number of hydrogen-bond donors (Lipinski definition) is 2. The Labute approximate surface area is 108 Å². The fourth-order valence-electron chi connectivity index (χ4n) is 0.897. The lowest BCUT2D eigenvalue weighted by molar-refractivity contribution is -0.138. The average Bonchev–Trinajstić information content (AvgIpc) is 2.61. The topological polar surface area (TPSA) is 79.3 Å². The molecule has 0 bridgehead atoms. The Kier molecular flexibility index (Phi) is 4.53. The van der Waals surface area contributed by atoms with Gasteiger partial charge in [-0.05, 0) is 13.8 Å². The van der Waals surface area contributed by atoms with Crippen molar-refractivity contribution in [2.45, 2.75) is 31.3 Å². The summed E-state index contributed by atoms with van der Waals surface area (Å²) in [6, 6.07) is 0. The Bertz CT molecular complexity index is 429. The maximum absolute atomic E-state index is 10.9. The van der Waals surface area contributed by atoms with Gasteiger partial charge in [0.2, 0.25) is 5.91 Å². The van der Waals surface area contributed by atoms with E-state index < -0.39 is 10.7 Å². The number of rotatable bonds is 5. The number of nitrogens with zero attached hydrogens (tertiary/aromatic N) is 1. The second kappa shape index (κ2) is 5.50. The van der Waals surface area contributed by atoms with Gasteiger partial charge in [0.15, 0.2) is 5.13 Å². The highest BCUT2D eigenvalue weighted by Gasteiger charge is 2.27. The number of carbonyl (C=O) groups excluding carboxylic acids is 1. The summed E-state index contributed by atoms with van der Waals surface area (Å²) in [7, 11) is 0. The molecule has 1 heterocycles. The van der Waals surface area contributed by atoms with Crippen LogP contribution in [0.1, 0.15) is 26.5 Å². The number of carboxylic acids is 1. The Hall–Kier alpha value is -1.08. The maximum atomic E-state index is 10.9. The summed E-state index contributed by atoms with van der Waals surface area (Å²) in [6.07, 6.45) is 0. The van der Waals surface area contributed by atoms with Crippen molar-refractivity contribution >= 4 is 40.1 Å². The lowest BCUT2D eigenvalue weighted by Gasteiger charge is -2.17. The van der Waals surface area contributed by atoms with Gasteiger partial charge in [-0.25, -0.2) is 4.98 Å². The highest BCUT2D eigenvalue weighted by molar-refractivity contribution is 8.00. The van der Waals surface area contributed by atoms with Crippen LogP contribution in [0.3, 0.4) is 0 Å². The molecule has 1 amide bonds. The molecule has 0 aliphatic rings. The Balaban J connectivity index is 2.56. The molecule has 1 rings (SSSR count). The minimum atomic E-state index is -0.847. The van der Waals surface area contributed by atoms with E-state index in [4.69, 9.17) is 5.11 Å². The molecule has 0 aromatic carbocycles. The van der Waals surface area contributed by atoms with Crippen LogP contribution < -0.4 is 5.32 Å². The van der Waals surface area contributed by atoms with Gasteiger partial charge in [-0.3, -0.25) is 9.59 Å². The van der Waals surface area contributed by atoms with Crippen LogP contribution in [-0.2, 0) is 15.3 Å². The number of nitrogens with one attached hydrogen (secondary N) is 1. The normalized spacial score (nSPS) is 11.2. The number of anilines is 1. The summed E-state index contributed by atoms with van der Waals surface area (Å²) in [5.41, 5.74) is 0.776. The van der Waals surface area contributed by atoms with Gasteiger partial charge in [-0.15, -0.1) is 23.1 Å². The molecule has 5 nitrogen and oxygen atoms in total. The monoisotopic (exact) mass is 274 g/mol. The highest BCUT2D eigenvalue weighted by Crippen LogP contribution is 2.29. The third kappa shape index (κ3) is 4.35. The fraction of sp³-hybridized carbons (Fsp3) is 0.500. The Morgan fingerprint density at radius 3 is 2.76 bits per heavy atom. The number of aliphatic carboxylic acids is 1. The van der Waals surface area contributed by atoms with Crippen molar-refractivity contribution in [2.75, 3.05) is 5.32 Å². The lowest BCUT2D eigenvalue weighted by Crippen LogP contribution is -2.27. The summed E-state index contributed by atoms with van der Waals surface area (Å²) < 4.78 is -0.836. The van der Waals surface area contributed by atoms with E-state index in [2.05, 4.69) is 10.3 Å². The number of aromatic nitrogens is 1. The zero-order chi connectivity index (χ0) is 13.1. The highest BCUT2D eigenvalue weighted by atomic mass is 32.2. The standard InChI is InChI=1S/C10H14N2O3S2/c1-6(13)11-9-12-7(4-16-9)5-17-10(2,3)8(14)15/h4H,5H2,1-3H3,(H,14,15)(H,11,12,13). The van der Waals surface area contributed by atoms with E-state index in [1.54, 1.807) is 13.8 Å². The first-order valence-corrected chi connectivity index (χ1v) is 6.77. The molecule has 0 unspecified atom stereocenters. The molecule has 0 spiro atoms. The number of amides is 1. The van der Waals surface area contributed by atoms with Crippen LogP contribution in [0.5, 0.6) is 0 Å². The van der Waals surface area contributed by atoms with Gasteiger partial charge in [0.1, 0.15) is 4.75 Å². The van der Waals surface area contributed by atoms with Gasteiger partial charge in [0.05, 0.1) is 5.69 Å². The van der Waals surface area contributed by atoms with E-state index in [1.165, 1.54) is 30.0 Å². The molecule has 94 valence electrons. The summed E-state index contributed by atoms with van der Waals surface area (Å²) in [5.74, 6) is -0.501. The van der Waals surface area contributed by atoms with Crippen molar-refractivity contribution in [1.29, 1.82) is 0 Å². The van der Waals surface area contributed by atoms with Crippen molar-refractivity contribution in [3.05, 3.63) is 11.1 Å². The van der Waals surface area contributed by atoms with Crippen molar-refractivity contribution in [3.8, 4) is 0 Å². The fourth-order valence-corrected chi connectivity index (χ4v) is 2.54. The molecule has 0 saturated heterocycles. The number of carboxylic acid groups (broad SMARTS) is 1. The quantitative estimate of drug-likeness (QED) is 0.860. The van der Waals surface area contributed by atoms with Crippen LogP contribution in [-0.4, -0.2) is 26.7 Å². The summed E-state index contributed by atoms with van der Waals surface area (Å²) in [4.78, 5) is 25.9. The lowest BCUT2D eigenvalue weighted by atomic mass is 10.2. The van der Waals surface area contributed by atoms with Crippen LogP contribution >= 0.6 is 23.1 Å². The first kappa shape index (κ1) is 14.0. The smallest absolute Gasteiger partial charge is 0.319 e. The van der Waals surface area contributed by atoms with E-state index >= 15 is 0 Å². The minimum Gasteiger partial charge on any atom is -0.480 e. The molecule has 0 aliphatic heterocycles. The van der Waals surface area contributed by atoms with Crippen molar-refractivity contribution in [2.24, 2.45) is 0 Å².